The minimum Gasteiger partial charge on any atom is -0.508 e. The largest absolute Gasteiger partial charge is 0.508 e. The van der Waals surface area contributed by atoms with Crippen molar-refractivity contribution in [1.29, 1.82) is 0 Å². The highest BCUT2D eigenvalue weighted by molar-refractivity contribution is 5.95. The molecule has 2 heterocycles. The number of rotatable bonds is 2. The van der Waals surface area contributed by atoms with Gasteiger partial charge in [0.15, 0.2) is 0 Å². The molecular weight excluding hydrogens is 316 g/mol. The van der Waals surface area contributed by atoms with E-state index in [1.165, 1.54) is 0 Å². The second-order valence-corrected chi connectivity index (χ2v) is 6.79. The van der Waals surface area contributed by atoms with E-state index >= 15 is 0 Å². The Morgan fingerprint density at radius 3 is 2.28 bits per heavy atom. The molecule has 2 aliphatic heterocycles. The smallest absolute Gasteiger partial charge is 0.253 e. The van der Waals surface area contributed by atoms with Crippen LogP contribution in [0.4, 0.5) is 11.4 Å². The number of piperidine rings is 1. The number of para-hydroxylation sites is 1. The van der Waals surface area contributed by atoms with Crippen LogP contribution >= 0.6 is 0 Å². The van der Waals surface area contributed by atoms with Gasteiger partial charge in [-0.2, -0.15) is 0 Å². The average molecular weight is 338 g/mol. The van der Waals surface area contributed by atoms with Gasteiger partial charge in [0, 0.05) is 24.5 Å². The zero-order valence-electron chi connectivity index (χ0n) is 14.1. The predicted octanol–water partition coefficient (Wildman–Crippen LogP) is 2.79. The number of hydrogen-bond acceptors (Lipinski definition) is 4. The molecule has 0 saturated carbocycles. The van der Waals surface area contributed by atoms with E-state index < -0.39 is 0 Å². The number of phenolic OH excluding ortho intramolecular Hbond substituents is 1. The van der Waals surface area contributed by atoms with Crippen molar-refractivity contribution in [2.75, 3.05) is 36.0 Å². The number of morpholine rings is 1. The molecule has 5 nitrogen and oxygen atoms in total. The first-order valence-corrected chi connectivity index (χ1v) is 8.69. The van der Waals surface area contributed by atoms with Gasteiger partial charge in [-0.25, -0.2) is 0 Å². The summed E-state index contributed by atoms with van der Waals surface area (Å²) in [7, 11) is 0. The molecule has 2 aliphatic rings. The van der Waals surface area contributed by atoms with Crippen molar-refractivity contribution >= 4 is 17.3 Å². The summed E-state index contributed by atoms with van der Waals surface area (Å²) in [4.78, 5) is 16.5. The van der Waals surface area contributed by atoms with Crippen LogP contribution in [-0.2, 0) is 9.53 Å². The summed E-state index contributed by atoms with van der Waals surface area (Å²) >= 11 is 0. The Bertz CT molecular complexity index is 737. The normalized spacial score (nSPS) is 20.1. The summed E-state index contributed by atoms with van der Waals surface area (Å²) in [5.74, 6) is 0.308. The standard InChI is InChI=1S/C20H22N2O3/c23-18-8-6-16(7-9-18)21-12-10-20(11-13-21)15-22(19(24)14-25-20)17-4-2-1-3-5-17/h1-9,23H,10-15H2. The number of amides is 1. The van der Waals surface area contributed by atoms with Crippen molar-refractivity contribution in [3.8, 4) is 5.75 Å². The lowest BCUT2D eigenvalue weighted by Crippen LogP contribution is -2.59. The van der Waals surface area contributed by atoms with Crippen molar-refractivity contribution in [3.63, 3.8) is 0 Å². The number of benzene rings is 2. The highest BCUT2D eigenvalue weighted by Crippen LogP contribution is 2.34. The van der Waals surface area contributed by atoms with Crippen LogP contribution < -0.4 is 9.80 Å². The lowest BCUT2D eigenvalue weighted by atomic mass is 9.88. The summed E-state index contributed by atoms with van der Waals surface area (Å²) in [6, 6.07) is 17.1. The predicted molar refractivity (Wildman–Crippen MR) is 97.0 cm³/mol. The average Bonchev–Trinajstić information content (AvgIpc) is 2.66. The van der Waals surface area contributed by atoms with E-state index in [1.807, 2.05) is 47.4 Å². The minimum atomic E-state index is -0.267. The third-order valence-corrected chi connectivity index (χ3v) is 5.21. The van der Waals surface area contributed by atoms with Crippen molar-refractivity contribution in [3.05, 3.63) is 54.6 Å². The molecule has 25 heavy (non-hydrogen) atoms. The first-order chi connectivity index (χ1) is 12.2. The fourth-order valence-corrected chi connectivity index (χ4v) is 3.70. The van der Waals surface area contributed by atoms with E-state index in [0.29, 0.717) is 6.54 Å². The van der Waals surface area contributed by atoms with Crippen molar-refractivity contribution in [2.24, 2.45) is 0 Å². The van der Waals surface area contributed by atoms with Crippen LogP contribution in [0.5, 0.6) is 5.75 Å². The van der Waals surface area contributed by atoms with Crippen molar-refractivity contribution < 1.29 is 14.6 Å². The summed E-state index contributed by atoms with van der Waals surface area (Å²) in [5.41, 5.74) is 1.78. The third kappa shape index (κ3) is 3.20. The van der Waals surface area contributed by atoms with E-state index in [2.05, 4.69) is 4.90 Å². The number of hydrogen-bond donors (Lipinski definition) is 1. The number of nitrogens with zero attached hydrogens (tertiary/aromatic N) is 2. The molecule has 0 aliphatic carbocycles. The van der Waals surface area contributed by atoms with Crippen LogP contribution in [0.3, 0.4) is 0 Å². The van der Waals surface area contributed by atoms with E-state index in [-0.39, 0.29) is 23.9 Å². The zero-order valence-corrected chi connectivity index (χ0v) is 14.1. The van der Waals surface area contributed by atoms with E-state index in [4.69, 9.17) is 4.74 Å². The molecule has 0 aromatic heterocycles. The summed E-state index contributed by atoms with van der Waals surface area (Å²) in [5, 5.41) is 9.44. The maximum absolute atomic E-state index is 12.3. The SMILES string of the molecule is O=C1COC2(CCN(c3ccc(O)cc3)CC2)CN1c1ccccc1. The molecule has 2 fully saturated rings. The van der Waals surface area contributed by atoms with Gasteiger partial charge < -0.3 is 19.6 Å². The Hall–Kier alpha value is -2.53. The molecule has 2 aromatic rings. The van der Waals surface area contributed by atoms with Gasteiger partial charge in [-0.05, 0) is 49.2 Å². The number of ether oxygens (including phenoxy) is 1. The minimum absolute atomic E-state index is 0.0257. The molecule has 1 N–H and O–H groups in total. The fraction of sp³-hybridized carbons (Fsp3) is 0.350. The Kier molecular flexibility index (Phi) is 4.09. The van der Waals surface area contributed by atoms with E-state index in [0.717, 1.165) is 37.3 Å². The van der Waals surface area contributed by atoms with E-state index in [1.54, 1.807) is 12.1 Å². The van der Waals surface area contributed by atoms with Gasteiger partial charge >= 0.3 is 0 Å². The Labute approximate surface area is 147 Å². The highest BCUT2D eigenvalue weighted by atomic mass is 16.5. The number of phenols is 1. The second kappa shape index (κ2) is 6.41. The topological polar surface area (TPSA) is 53.0 Å². The van der Waals surface area contributed by atoms with Crippen LogP contribution in [0.1, 0.15) is 12.8 Å². The van der Waals surface area contributed by atoms with Crippen LogP contribution in [-0.4, -0.2) is 42.9 Å². The molecule has 0 bridgehead atoms. The molecule has 2 saturated heterocycles. The first-order valence-electron chi connectivity index (χ1n) is 8.69. The quantitative estimate of drug-likeness (QED) is 0.915. The molecule has 130 valence electrons. The zero-order chi connectivity index (χ0) is 17.3. The molecule has 1 amide bonds. The third-order valence-electron chi connectivity index (χ3n) is 5.21. The molecule has 0 atom stereocenters. The van der Waals surface area contributed by atoms with Gasteiger partial charge in [0.25, 0.3) is 5.91 Å². The van der Waals surface area contributed by atoms with Gasteiger partial charge in [-0.3, -0.25) is 4.79 Å². The lowest BCUT2D eigenvalue weighted by molar-refractivity contribution is -0.141. The Morgan fingerprint density at radius 2 is 1.60 bits per heavy atom. The monoisotopic (exact) mass is 338 g/mol. The van der Waals surface area contributed by atoms with Crippen LogP contribution in [0.25, 0.3) is 0 Å². The number of carbonyl (C=O) groups excluding carboxylic acids is 1. The molecule has 0 unspecified atom stereocenters. The van der Waals surface area contributed by atoms with Gasteiger partial charge in [0.1, 0.15) is 12.4 Å². The molecule has 2 aromatic carbocycles. The lowest BCUT2D eigenvalue weighted by Gasteiger charge is -2.47. The van der Waals surface area contributed by atoms with Gasteiger partial charge in [-0.1, -0.05) is 18.2 Å². The highest BCUT2D eigenvalue weighted by Gasteiger charge is 2.42. The molecule has 5 heteroatoms. The molecule has 1 spiro atoms. The van der Waals surface area contributed by atoms with Crippen molar-refractivity contribution in [1.82, 2.24) is 0 Å². The Balaban J connectivity index is 1.46. The van der Waals surface area contributed by atoms with Crippen LogP contribution in [0, 0.1) is 0 Å². The second-order valence-electron chi connectivity index (χ2n) is 6.79. The number of anilines is 2. The van der Waals surface area contributed by atoms with Crippen LogP contribution in [0.15, 0.2) is 54.6 Å². The van der Waals surface area contributed by atoms with Crippen molar-refractivity contribution in [2.45, 2.75) is 18.4 Å². The fourth-order valence-electron chi connectivity index (χ4n) is 3.70. The van der Waals surface area contributed by atoms with E-state index in [9.17, 15) is 9.90 Å². The van der Waals surface area contributed by atoms with Gasteiger partial charge in [0.2, 0.25) is 0 Å². The molecule has 0 radical (unpaired) electrons. The summed E-state index contributed by atoms with van der Waals surface area (Å²) in [6.45, 7) is 2.51. The number of aromatic hydroxyl groups is 1. The molecular formula is C20H22N2O3. The van der Waals surface area contributed by atoms with Crippen LogP contribution in [0.2, 0.25) is 0 Å². The van der Waals surface area contributed by atoms with Gasteiger partial charge in [0.05, 0.1) is 12.1 Å². The molecule has 4 rings (SSSR count). The summed E-state index contributed by atoms with van der Waals surface area (Å²) in [6.07, 6.45) is 1.76. The number of carbonyl (C=O) groups is 1. The maximum atomic E-state index is 12.3. The maximum Gasteiger partial charge on any atom is 0.253 e. The summed E-state index contributed by atoms with van der Waals surface area (Å²) < 4.78 is 6.02. The first kappa shape index (κ1) is 16.0. The Morgan fingerprint density at radius 1 is 0.920 bits per heavy atom. The van der Waals surface area contributed by atoms with Gasteiger partial charge in [-0.15, -0.1) is 0 Å².